The molecule has 1 aromatic heterocycles. The van der Waals surface area contributed by atoms with Crippen LogP contribution in [-0.4, -0.2) is 41.1 Å². The minimum absolute atomic E-state index is 0.143. The second kappa shape index (κ2) is 6.70. The van der Waals surface area contributed by atoms with E-state index in [1.54, 1.807) is 11.3 Å². The van der Waals surface area contributed by atoms with Gasteiger partial charge in [0, 0.05) is 18.6 Å². The van der Waals surface area contributed by atoms with Gasteiger partial charge in [-0.1, -0.05) is 18.5 Å². The van der Waals surface area contributed by atoms with Crippen molar-refractivity contribution in [3.8, 4) is 0 Å². The first kappa shape index (κ1) is 14.8. The van der Waals surface area contributed by atoms with Gasteiger partial charge in [-0.15, -0.1) is 11.3 Å². The quantitative estimate of drug-likeness (QED) is 0.812. The second-order valence-electron chi connectivity index (χ2n) is 4.88. The molecule has 1 fully saturated rings. The van der Waals surface area contributed by atoms with Crippen LogP contribution in [0.15, 0.2) is 11.4 Å². The van der Waals surface area contributed by atoms with Gasteiger partial charge >= 0.3 is 5.97 Å². The number of likely N-dealkylation sites (N-methyl/N-ethyl adjacent to an activating group) is 1. The van der Waals surface area contributed by atoms with E-state index in [0.29, 0.717) is 12.1 Å². The summed E-state index contributed by atoms with van der Waals surface area (Å²) in [6.45, 7) is 3.74. The van der Waals surface area contributed by atoms with Crippen LogP contribution in [-0.2, 0) is 11.3 Å². The molecule has 0 saturated heterocycles. The van der Waals surface area contributed by atoms with Crippen LogP contribution in [0.25, 0.3) is 0 Å². The van der Waals surface area contributed by atoms with Crippen LogP contribution in [0.4, 0.5) is 0 Å². The maximum Gasteiger partial charge on any atom is 0.317 e. The number of thiophene rings is 1. The number of carboxylic acid groups (broad SMARTS) is 1. The maximum absolute atomic E-state index is 10.7. The number of carboxylic acids is 1. The molecule has 19 heavy (non-hydrogen) atoms. The molecule has 0 bridgehead atoms. The van der Waals surface area contributed by atoms with E-state index in [-0.39, 0.29) is 6.54 Å². The molecule has 0 spiro atoms. The van der Waals surface area contributed by atoms with Crippen molar-refractivity contribution < 1.29 is 9.90 Å². The van der Waals surface area contributed by atoms with E-state index in [4.69, 9.17) is 16.7 Å². The van der Waals surface area contributed by atoms with Crippen molar-refractivity contribution in [3.05, 3.63) is 21.3 Å². The molecule has 0 unspecified atom stereocenters. The van der Waals surface area contributed by atoms with Crippen molar-refractivity contribution in [2.75, 3.05) is 13.1 Å². The summed E-state index contributed by atoms with van der Waals surface area (Å²) in [4.78, 5) is 12.8. The molecule has 2 rings (SSSR count). The summed E-state index contributed by atoms with van der Waals surface area (Å²) in [5, 5.41) is 14.3. The highest BCUT2D eigenvalue weighted by atomic mass is 35.5. The first-order valence-electron chi connectivity index (χ1n) is 6.51. The topological polar surface area (TPSA) is 52.6 Å². The smallest absolute Gasteiger partial charge is 0.317 e. The Morgan fingerprint density at radius 3 is 2.89 bits per heavy atom. The Labute approximate surface area is 122 Å². The van der Waals surface area contributed by atoms with Gasteiger partial charge in [0.15, 0.2) is 0 Å². The molecule has 2 N–H and O–H groups in total. The van der Waals surface area contributed by atoms with Crippen LogP contribution < -0.4 is 5.32 Å². The zero-order chi connectivity index (χ0) is 13.8. The Kier molecular flexibility index (Phi) is 5.21. The van der Waals surface area contributed by atoms with Crippen molar-refractivity contribution in [1.29, 1.82) is 0 Å². The lowest BCUT2D eigenvalue weighted by molar-refractivity contribution is -0.139. The van der Waals surface area contributed by atoms with E-state index in [0.717, 1.165) is 35.8 Å². The molecule has 4 nitrogen and oxygen atoms in total. The Hall–Kier alpha value is -0.620. The molecule has 106 valence electrons. The number of halogens is 1. The Morgan fingerprint density at radius 1 is 1.63 bits per heavy atom. The second-order valence-corrected chi connectivity index (χ2v) is 6.40. The van der Waals surface area contributed by atoms with Gasteiger partial charge < -0.3 is 10.4 Å². The van der Waals surface area contributed by atoms with Crippen molar-refractivity contribution in [2.45, 2.75) is 38.4 Å². The molecule has 1 aliphatic carbocycles. The zero-order valence-corrected chi connectivity index (χ0v) is 12.5. The van der Waals surface area contributed by atoms with Gasteiger partial charge in [-0.25, -0.2) is 0 Å². The lowest BCUT2D eigenvalue weighted by Crippen LogP contribution is -2.53. The van der Waals surface area contributed by atoms with E-state index in [9.17, 15) is 4.79 Å². The number of rotatable bonds is 7. The highest BCUT2D eigenvalue weighted by Gasteiger charge is 2.33. The van der Waals surface area contributed by atoms with Crippen LogP contribution in [0.5, 0.6) is 0 Å². The standard InChI is InChI=1S/C13H19ClN2O2S/c1-2-16(8-12(17)18)11-5-10(6-11)15-7-9-3-4-19-13(9)14/h3-4,10-11,15H,2,5-8H2,1H3,(H,17,18). The first-order chi connectivity index (χ1) is 9.10. The zero-order valence-electron chi connectivity index (χ0n) is 10.9. The summed E-state index contributed by atoms with van der Waals surface area (Å²) in [5.74, 6) is -0.747. The molecule has 0 amide bonds. The van der Waals surface area contributed by atoms with Crippen molar-refractivity contribution in [3.63, 3.8) is 0 Å². The SMILES string of the molecule is CCN(CC(=O)O)C1CC(NCc2ccsc2Cl)C1. The third-order valence-corrected chi connectivity index (χ3v) is 4.90. The van der Waals surface area contributed by atoms with E-state index >= 15 is 0 Å². The van der Waals surface area contributed by atoms with Gasteiger partial charge in [0.2, 0.25) is 0 Å². The molecule has 1 saturated carbocycles. The Bertz CT molecular complexity index is 432. The maximum atomic E-state index is 10.7. The number of carbonyl (C=O) groups is 1. The van der Waals surface area contributed by atoms with Crippen molar-refractivity contribution in [2.24, 2.45) is 0 Å². The van der Waals surface area contributed by atoms with Crippen LogP contribution in [0, 0.1) is 0 Å². The van der Waals surface area contributed by atoms with E-state index in [2.05, 4.69) is 5.32 Å². The van der Waals surface area contributed by atoms with Gasteiger partial charge in [-0.2, -0.15) is 0 Å². The number of aliphatic carboxylic acids is 1. The normalized spacial score (nSPS) is 22.5. The lowest BCUT2D eigenvalue weighted by atomic mass is 9.85. The summed E-state index contributed by atoms with van der Waals surface area (Å²) < 4.78 is 0.851. The molecule has 0 radical (unpaired) electrons. The number of nitrogens with zero attached hydrogens (tertiary/aromatic N) is 1. The average Bonchev–Trinajstić information content (AvgIpc) is 2.71. The van der Waals surface area contributed by atoms with E-state index < -0.39 is 5.97 Å². The Morgan fingerprint density at radius 2 is 2.37 bits per heavy atom. The third-order valence-electron chi connectivity index (χ3n) is 3.65. The largest absolute Gasteiger partial charge is 0.480 e. The van der Waals surface area contributed by atoms with E-state index in [1.807, 2.05) is 23.3 Å². The van der Waals surface area contributed by atoms with Crippen LogP contribution >= 0.6 is 22.9 Å². The number of hydrogen-bond acceptors (Lipinski definition) is 4. The van der Waals surface area contributed by atoms with Crippen molar-refractivity contribution in [1.82, 2.24) is 10.2 Å². The van der Waals surface area contributed by atoms with Crippen LogP contribution in [0.3, 0.4) is 0 Å². The molecule has 1 aliphatic rings. The summed E-state index contributed by atoms with van der Waals surface area (Å²) in [5.41, 5.74) is 1.15. The monoisotopic (exact) mass is 302 g/mol. The molecule has 1 aromatic rings. The lowest BCUT2D eigenvalue weighted by Gasteiger charge is -2.42. The summed E-state index contributed by atoms with van der Waals surface area (Å²) >= 11 is 7.60. The predicted octanol–water partition coefficient (Wildman–Crippen LogP) is 2.43. The molecule has 0 aliphatic heterocycles. The van der Waals surface area contributed by atoms with Gasteiger partial charge in [-0.3, -0.25) is 9.69 Å². The minimum atomic E-state index is -0.747. The van der Waals surface area contributed by atoms with E-state index in [1.165, 1.54) is 0 Å². The molecular weight excluding hydrogens is 284 g/mol. The predicted molar refractivity (Wildman–Crippen MR) is 77.9 cm³/mol. The van der Waals surface area contributed by atoms with Gasteiger partial charge in [-0.05, 0) is 36.4 Å². The highest BCUT2D eigenvalue weighted by molar-refractivity contribution is 7.14. The fourth-order valence-corrected chi connectivity index (χ4v) is 3.35. The van der Waals surface area contributed by atoms with Crippen LogP contribution in [0.1, 0.15) is 25.3 Å². The molecular formula is C13H19ClN2O2S. The van der Waals surface area contributed by atoms with Gasteiger partial charge in [0.25, 0.3) is 0 Å². The summed E-state index contributed by atoms with van der Waals surface area (Å²) in [6.07, 6.45) is 2.03. The fraction of sp³-hybridized carbons (Fsp3) is 0.615. The molecule has 0 atom stereocenters. The molecule has 1 heterocycles. The molecule has 0 aromatic carbocycles. The third kappa shape index (κ3) is 3.92. The number of hydrogen-bond donors (Lipinski definition) is 2. The fourth-order valence-electron chi connectivity index (χ4n) is 2.43. The van der Waals surface area contributed by atoms with Crippen molar-refractivity contribution >= 4 is 28.9 Å². The minimum Gasteiger partial charge on any atom is -0.480 e. The Balaban J connectivity index is 1.71. The number of nitrogens with one attached hydrogen (secondary N) is 1. The molecule has 6 heteroatoms. The van der Waals surface area contributed by atoms with Gasteiger partial charge in [0.05, 0.1) is 10.9 Å². The van der Waals surface area contributed by atoms with Crippen LogP contribution in [0.2, 0.25) is 4.34 Å². The summed E-state index contributed by atoms with van der Waals surface area (Å²) in [6, 6.07) is 2.92. The van der Waals surface area contributed by atoms with Gasteiger partial charge in [0.1, 0.15) is 0 Å². The first-order valence-corrected chi connectivity index (χ1v) is 7.77. The average molecular weight is 303 g/mol. The summed E-state index contributed by atoms with van der Waals surface area (Å²) in [7, 11) is 0. The highest BCUT2D eigenvalue weighted by Crippen LogP contribution is 2.27.